The van der Waals surface area contributed by atoms with E-state index in [1.807, 2.05) is 20.8 Å². The third-order valence-corrected chi connectivity index (χ3v) is 8.53. The average molecular weight is 621 g/mol. The molecule has 0 heterocycles. The molecule has 1 atom stereocenters. The molecule has 0 saturated heterocycles. The van der Waals surface area contributed by atoms with E-state index in [2.05, 4.69) is 21.2 Å². The molecule has 38 heavy (non-hydrogen) atoms. The van der Waals surface area contributed by atoms with E-state index in [0.717, 1.165) is 9.87 Å². The summed E-state index contributed by atoms with van der Waals surface area (Å²) in [7, 11) is -4.12. The zero-order valence-electron chi connectivity index (χ0n) is 21.7. The Kier molecular flexibility index (Phi) is 9.98. The van der Waals surface area contributed by atoms with Gasteiger partial charge in [-0.1, -0.05) is 69.5 Å². The SMILES string of the molecule is Cc1ccc(S(=O)(=O)N(CC(=O)N(Cc2ccccc2Cl)[C@@H](C)C(=O)NC(C)C)c2cccc(Br)c2)cc1. The van der Waals surface area contributed by atoms with Gasteiger partial charge in [-0.3, -0.25) is 13.9 Å². The average Bonchev–Trinajstić information content (AvgIpc) is 2.86. The number of hydrogen-bond acceptors (Lipinski definition) is 4. The van der Waals surface area contributed by atoms with Gasteiger partial charge in [0.15, 0.2) is 0 Å². The summed E-state index contributed by atoms with van der Waals surface area (Å²) in [4.78, 5) is 28.2. The van der Waals surface area contributed by atoms with E-state index in [0.29, 0.717) is 20.7 Å². The second kappa shape index (κ2) is 12.8. The summed E-state index contributed by atoms with van der Waals surface area (Å²) < 4.78 is 29.4. The zero-order valence-corrected chi connectivity index (χ0v) is 24.8. The molecule has 3 aromatic rings. The lowest BCUT2D eigenvalue weighted by atomic mass is 10.1. The van der Waals surface area contributed by atoms with Crippen molar-refractivity contribution in [3.05, 3.63) is 93.4 Å². The molecule has 0 aliphatic carbocycles. The number of hydrogen-bond donors (Lipinski definition) is 1. The van der Waals surface area contributed by atoms with Crippen LogP contribution in [0.3, 0.4) is 0 Å². The van der Waals surface area contributed by atoms with Crippen molar-refractivity contribution in [2.24, 2.45) is 0 Å². The highest BCUT2D eigenvalue weighted by molar-refractivity contribution is 9.10. The van der Waals surface area contributed by atoms with Crippen LogP contribution in [-0.2, 0) is 26.2 Å². The minimum atomic E-state index is -4.12. The summed E-state index contributed by atoms with van der Waals surface area (Å²) in [6.45, 7) is 6.65. The topological polar surface area (TPSA) is 86.8 Å². The van der Waals surface area contributed by atoms with Crippen LogP contribution in [0.15, 0.2) is 82.2 Å². The maximum Gasteiger partial charge on any atom is 0.264 e. The van der Waals surface area contributed by atoms with Crippen LogP contribution in [-0.4, -0.2) is 43.8 Å². The number of aryl methyl sites for hydroxylation is 1. The molecule has 3 rings (SSSR count). The lowest BCUT2D eigenvalue weighted by molar-refractivity contribution is -0.139. The van der Waals surface area contributed by atoms with E-state index in [9.17, 15) is 18.0 Å². The quantitative estimate of drug-likeness (QED) is 0.322. The van der Waals surface area contributed by atoms with Crippen LogP contribution >= 0.6 is 27.5 Å². The van der Waals surface area contributed by atoms with Gasteiger partial charge in [-0.2, -0.15) is 0 Å². The molecule has 0 fully saturated rings. The molecule has 0 aliphatic heterocycles. The lowest BCUT2D eigenvalue weighted by Gasteiger charge is -2.32. The van der Waals surface area contributed by atoms with Crippen LogP contribution < -0.4 is 9.62 Å². The van der Waals surface area contributed by atoms with Gasteiger partial charge in [-0.25, -0.2) is 8.42 Å². The molecule has 2 amide bonds. The molecule has 202 valence electrons. The molecule has 0 aliphatic rings. The van der Waals surface area contributed by atoms with Crippen molar-refractivity contribution < 1.29 is 18.0 Å². The summed E-state index contributed by atoms with van der Waals surface area (Å²) in [6.07, 6.45) is 0. The molecule has 0 unspecified atom stereocenters. The van der Waals surface area contributed by atoms with Crippen molar-refractivity contribution in [3.63, 3.8) is 0 Å². The van der Waals surface area contributed by atoms with E-state index >= 15 is 0 Å². The predicted molar refractivity (Wildman–Crippen MR) is 155 cm³/mol. The summed E-state index contributed by atoms with van der Waals surface area (Å²) in [5, 5.41) is 3.27. The van der Waals surface area contributed by atoms with Crippen molar-refractivity contribution in [1.82, 2.24) is 10.2 Å². The number of carbonyl (C=O) groups is 2. The Hall–Kier alpha value is -2.88. The van der Waals surface area contributed by atoms with Crippen LogP contribution in [0, 0.1) is 6.92 Å². The minimum absolute atomic E-state index is 0.0299. The van der Waals surface area contributed by atoms with Gasteiger partial charge in [-0.05, 0) is 69.7 Å². The molecular formula is C28H31BrClN3O4S. The minimum Gasteiger partial charge on any atom is -0.352 e. The van der Waals surface area contributed by atoms with Gasteiger partial charge in [0.25, 0.3) is 10.0 Å². The number of nitrogens with one attached hydrogen (secondary N) is 1. The van der Waals surface area contributed by atoms with Gasteiger partial charge in [0.1, 0.15) is 12.6 Å². The Bertz CT molecular complexity index is 1400. The molecule has 0 aromatic heterocycles. The molecule has 0 saturated carbocycles. The zero-order chi connectivity index (χ0) is 28.0. The first kappa shape index (κ1) is 29.7. The standard InChI is InChI=1S/C28H31BrClN3O4S/c1-19(2)31-28(35)21(4)32(17-22-8-5-6-11-26(22)30)27(34)18-33(24-10-7-9-23(29)16-24)38(36,37)25-14-12-20(3)13-15-25/h5-16,19,21H,17-18H2,1-4H3,(H,31,35)/t21-/m0/s1. The summed E-state index contributed by atoms with van der Waals surface area (Å²) in [6, 6.07) is 19.2. The second-order valence-electron chi connectivity index (χ2n) is 9.26. The maximum absolute atomic E-state index is 13.9. The van der Waals surface area contributed by atoms with E-state index in [4.69, 9.17) is 11.6 Å². The first-order chi connectivity index (χ1) is 17.9. The van der Waals surface area contributed by atoms with Crippen LogP contribution in [0.1, 0.15) is 31.9 Å². The summed E-state index contributed by atoms with van der Waals surface area (Å²) in [5.41, 5.74) is 1.86. The number of benzene rings is 3. The summed E-state index contributed by atoms with van der Waals surface area (Å²) >= 11 is 9.77. The van der Waals surface area contributed by atoms with E-state index in [1.165, 1.54) is 17.0 Å². The third kappa shape index (κ3) is 7.36. The van der Waals surface area contributed by atoms with E-state index in [1.54, 1.807) is 67.6 Å². The molecule has 0 spiro atoms. The Balaban J connectivity index is 2.04. The van der Waals surface area contributed by atoms with Gasteiger partial charge in [0.05, 0.1) is 10.6 Å². The van der Waals surface area contributed by atoms with Crippen LogP contribution in [0.25, 0.3) is 0 Å². The maximum atomic E-state index is 13.9. The highest BCUT2D eigenvalue weighted by atomic mass is 79.9. The van der Waals surface area contributed by atoms with Crippen molar-refractivity contribution in [1.29, 1.82) is 0 Å². The van der Waals surface area contributed by atoms with Gasteiger partial charge in [-0.15, -0.1) is 0 Å². The fourth-order valence-electron chi connectivity index (χ4n) is 3.80. The van der Waals surface area contributed by atoms with E-state index < -0.39 is 28.5 Å². The number of amides is 2. The highest BCUT2D eigenvalue weighted by Gasteiger charge is 2.33. The first-order valence-corrected chi connectivity index (χ1v) is 14.7. The van der Waals surface area contributed by atoms with Crippen molar-refractivity contribution >= 4 is 55.1 Å². The number of nitrogens with zero attached hydrogens (tertiary/aromatic N) is 2. The molecule has 1 N–H and O–H groups in total. The molecule has 0 bridgehead atoms. The number of halogens is 2. The van der Waals surface area contributed by atoms with Gasteiger partial charge >= 0.3 is 0 Å². The first-order valence-electron chi connectivity index (χ1n) is 12.1. The Labute approximate surface area is 238 Å². The number of rotatable bonds is 10. The van der Waals surface area contributed by atoms with Gasteiger partial charge in [0.2, 0.25) is 11.8 Å². The van der Waals surface area contributed by atoms with Gasteiger partial charge < -0.3 is 10.2 Å². The van der Waals surface area contributed by atoms with Crippen molar-refractivity contribution in [3.8, 4) is 0 Å². The Morgan fingerprint density at radius 3 is 2.24 bits per heavy atom. The normalized spacial score (nSPS) is 12.2. The lowest BCUT2D eigenvalue weighted by Crippen LogP contribution is -2.52. The number of carbonyl (C=O) groups excluding carboxylic acids is 2. The molecule has 3 aromatic carbocycles. The fourth-order valence-corrected chi connectivity index (χ4v) is 5.78. The fraction of sp³-hybridized carbons (Fsp3) is 0.286. The molecule has 7 nitrogen and oxygen atoms in total. The number of anilines is 1. The monoisotopic (exact) mass is 619 g/mol. The van der Waals surface area contributed by atoms with E-state index in [-0.39, 0.29) is 23.4 Å². The highest BCUT2D eigenvalue weighted by Crippen LogP contribution is 2.27. The largest absolute Gasteiger partial charge is 0.352 e. The van der Waals surface area contributed by atoms with Crippen molar-refractivity contribution in [2.75, 3.05) is 10.8 Å². The van der Waals surface area contributed by atoms with Gasteiger partial charge in [0, 0.05) is 22.1 Å². The molecule has 0 radical (unpaired) electrons. The molecule has 10 heteroatoms. The second-order valence-corrected chi connectivity index (χ2v) is 12.4. The smallest absolute Gasteiger partial charge is 0.264 e. The Morgan fingerprint density at radius 1 is 0.974 bits per heavy atom. The number of sulfonamides is 1. The van der Waals surface area contributed by atoms with Crippen LogP contribution in [0.5, 0.6) is 0 Å². The Morgan fingerprint density at radius 2 is 1.63 bits per heavy atom. The van der Waals surface area contributed by atoms with Crippen LogP contribution in [0.2, 0.25) is 5.02 Å². The molecular weight excluding hydrogens is 590 g/mol. The van der Waals surface area contributed by atoms with Crippen molar-refractivity contribution in [2.45, 2.75) is 51.2 Å². The van der Waals surface area contributed by atoms with Crippen LogP contribution in [0.4, 0.5) is 5.69 Å². The predicted octanol–water partition coefficient (Wildman–Crippen LogP) is 5.55. The summed E-state index contributed by atoms with van der Waals surface area (Å²) in [5.74, 6) is -0.900. The third-order valence-electron chi connectivity index (χ3n) is 5.88.